The molecule has 1 fully saturated rings. The first-order valence-electron chi connectivity index (χ1n) is 10.4. The fourth-order valence-corrected chi connectivity index (χ4v) is 3.48. The number of aryl methyl sites for hydroxylation is 1. The lowest BCUT2D eigenvalue weighted by Crippen LogP contribution is -2.26. The molecule has 7 heteroatoms. The van der Waals surface area contributed by atoms with Crippen molar-refractivity contribution in [1.82, 2.24) is 20.3 Å². The minimum absolute atomic E-state index is 0.0564. The molecule has 0 bridgehead atoms. The lowest BCUT2D eigenvalue weighted by atomic mass is 10.1. The first-order valence-corrected chi connectivity index (χ1v) is 10.4. The predicted molar refractivity (Wildman–Crippen MR) is 120 cm³/mol. The summed E-state index contributed by atoms with van der Waals surface area (Å²) in [6.45, 7) is 2.03. The van der Waals surface area contributed by atoms with E-state index in [-0.39, 0.29) is 5.91 Å². The third-order valence-electron chi connectivity index (χ3n) is 5.07. The van der Waals surface area contributed by atoms with Gasteiger partial charge in [-0.25, -0.2) is 4.98 Å². The van der Waals surface area contributed by atoms with Crippen molar-refractivity contribution < 1.29 is 9.53 Å². The molecule has 0 saturated heterocycles. The lowest BCUT2D eigenvalue weighted by molar-refractivity contribution is -0.120. The Balaban J connectivity index is 1.27. The molecule has 3 N–H and O–H groups in total. The molecule has 2 aromatic heterocycles. The topological polar surface area (TPSA) is 91.9 Å². The summed E-state index contributed by atoms with van der Waals surface area (Å²) in [5, 5.41) is 7.29. The van der Waals surface area contributed by atoms with Gasteiger partial charge in [-0.1, -0.05) is 12.1 Å². The molecular weight excluding hydrogens is 390 g/mol. The zero-order chi connectivity index (χ0) is 21.2. The second-order valence-corrected chi connectivity index (χ2v) is 7.87. The number of hydrogen-bond donors (Lipinski definition) is 3. The number of nitrogens with one attached hydrogen (secondary N) is 3. The Morgan fingerprint density at radius 3 is 2.94 bits per heavy atom. The Kier molecular flexibility index (Phi) is 5.00. The Morgan fingerprint density at radius 2 is 2.06 bits per heavy atom. The van der Waals surface area contributed by atoms with E-state index in [4.69, 9.17) is 4.74 Å². The van der Waals surface area contributed by atoms with Gasteiger partial charge in [-0.2, -0.15) is 4.98 Å². The van der Waals surface area contributed by atoms with Crippen molar-refractivity contribution in [3.63, 3.8) is 0 Å². The molecule has 2 heterocycles. The van der Waals surface area contributed by atoms with Crippen molar-refractivity contribution >= 4 is 28.4 Å². The van der Waals surface area contributed by atoms with Gasteiger partial charge in [-0.05, 0) is 61.7 Å². The van der Waals surface area contributed by atoms with Gasteiger partial charge in [0.25, 0.3) is 0 Å². The SMILES string of the molecule is Cc1cc2cc(Oc3ccnc(Nc4cccc(CC(=O)NC5CC5)c4)n3)ccc2[nH]1. The average molecular weight is 413 g/mol. The second kappa shape index (κ2) is 8.10. The summed E-state index contributed by atoms with van der Waals surface area (Å²) in [6, 6.07) is 17.7. The highest BCUT2D eigenvalue weighted by Crippen LogP contribution is 2.26. The van der Waals surface area contributed by atoms with Crippen molar-refractivity contribution in [3.05, 3.63) is 72.1 Å². The maximum Gasteiger partial charge on any atom is 0.230 e. The maximum atomic E-state index is 12.1. The Morgan fingerprint density at radius 1 is 1.16 bits per heavy atom. The van der Waals surface area contributed by atoms with Crippen LogP contribution in [0.3, 0.4) is 0 Å². The van der Waals surface area contributed by atoms with Gasteiger partial charge in [0.1, 0.15) is 5.75 Å². The van der Waals surface area contributed by atoms with Gasteiger partial charge in [-0.3, -0.25) is 4.79 Å². The van der Waals surface area contributed by atoms with Gasteiger partial charge in [0.2, 0.25) is 17.7 Å². The number of hydrogen-bond acceptors (Lipinski definition) is 5. The quantitative estimate of drug-likeness (QED) is 0.411. The Labute approximate surface area is 179 Å². The first-order chi connectivity index (χ1) is 15.1. The van der Waals surface area contributed by atoms with Gasteiger partial charge in [0, 0.05) is 40.6 Å². The Bertz CT molecular complexity index is 1250. The zero-order valence-corrected chi connectivity index (χ0v) is 17.2. The van der Waals surface area contributed by atoms with E-state index in [0.717, 1.165) is 40.7 Å². The summed E-state index contributed by atoms with van der Waals surface area (Å²) in [7, 11) is 0. The second-order valence-electron chi connectivity index (χ2n) is 7.87. The van der Waals surface area contributed by atoms with E-state index >= 15 is 0 Å². The standard InChI is InChI=1S/C24H23N5O2/c1-15-11-17-14-20(7-8-21(17)26-15)31-23-9-10-25-24(29-23)28-19-4-2-3-16(12-19)13-22(30)27-18-5-6-18/h2-4,7-12,14,18,26H,5-6,13H2,1H3,(H,27,30)(H,25,28,29). The monoisotopic (exact) mass is 413 g/mol. The van der Waals surface area contributed by atoms with Crippen LogP contribution < -0.4 is 15.4 Å². The molecule has 1 aliphatic carbocycles. The van der Waals surface area contributed by atoms with Crippen molar-refractivity contribution in [2.24, 2.45) is 0 Å². The van der Waals surface area contributed by atoms with Crippen LogP contribution in [0.15, 0.2) is 60.8 Å². The van der Waals surface area contributed by atoms with E-state index in [0.29, 0.717) is 30.0 Å². The van der Waals surface area contributed by atoms with Crippen LogP contribution in [0, 0.1) is 6.92 Å². The van der Waals surface area contributed by atoms with Gasteiger partial charge in [0.15, 0.2) is 0 Å². The Hall–Kier alpha value is -3.87. The first kappa shape index (κ1) is 19.1. The largest absolute Gasteiger partial charge is 0.439 e. The van der Waals surface area contributed by atoms with Crippen LogP contribution in [0.1, 0.15) is 24.1 Å². The van der Waals surface area contributed by atoms with E-state index in [1.54, 1.807) is 12.3 Å². The molecule has 0 atom stereocenters. The number of H-pyrrole nitrogens is 1. The van der Waals surface area contributed by atoms with E-state index in [9.17, 15) is 4.79 Å². The summed E-state index contributed by atoms with van der Waals surface area (Å²) in [6.07, 6.45) is 4.18. The van der Waals surface area contributed by atoms with Crippen molar-refractivity contribution in [2.75, 3.05) is 5.32 Å². The molecule has 156 valence electrons. The predicted octanol–water partition coefficient (Wildman–Crippen LogP) is 4.62. The number of carbonyl (C=O) groups excluding carboxylic acids is 1. The molecule has 1 aliphatic rings. The van der Waals surface area contributed by atoms with Crippen molar-refractivity contribution in [1.29, 1.82) is 0 Å². The van der Waals surface area contributed by atoms with Crippen LogP contribution >= 0.6 is 0 Å². The third-order valence-corrected chi connectivity index (χ3v) is 5.07. The number of ether oxygens (including phenoxy) is 1. The minimum Gasteiger partial charge on any atom is -0.439 e. The number of fused-ring (bicyclic) bond motifs is 1. The fraction of sp³-hybridized carbons (Fsp3) is 0.208. The highest BCUT2D eigenvalue weighted by molar-refractivity contribution is 5.82. The summed E-state index contributed by atoms with van der Waals surface area (Å²) in [5.41, 5.74) is 3.93. The van der Waals surface area contributed by atoms with E-state index in [1.807, 2.05) is 49.4 Å². The number of benzene rings is 2. The van der Waals surface area contributed by atoms with Crippen LogP contribution in [-0.4, -0.2) is 26.9 Å². The number of carbonyl (C=O) groups is 1. The third kappa shape index (κ3) is 4.83. The van der Waals surface area contributed by atoms with E-state index in [1.165, 1.54) is 0 Å². The van der Waals surface area contributed by atoms with Crippen molar-refractivity contribution in [3.8, 4) is 11.6 Å². The molecule has 2 aromatic carbocycles. The number of nitrogens with zero attached hydrogens (tertiary/aromatic N) is 2. The molecule has 0 radical (unpaired) electrons. The van der Waals surface area contributed by atoms with Gasteiger partial charge < -0.3 is 20.4 Å². The normalized spacial score (nSPS) is 13.2. The molecule has 1 saturated carbocycles. The molecule has 0 unspecified atom stereocenters. The minimum atomic E-state index is 0.0564. The lowest BCUT2D eigenvalue weighted by Gasteiger charge is -2.09. The molecular formula is C24H23N5O2. The number of anilines is 2. The van der Waals surface area contributed by atoms with Gasteiger partial charge >= 0.3 is 0 Å². The molecule has 0 spiro atoms. The van der Waals surface area contributed by atoms with Crippen molar-refractivity contribution in [2.45, 2.75) is 32.2 Å². The molecule has 1 amide bonds. The van der Waals surface area contributed by atoms with Gasteiger partial charge in [0.05, 0.1) is 6.42 Å². The van der Waals surface area contributed by atoms with E-state index < -0.39 is 0 Å². The van der Waals surface area contributed by atoms with Gasteiger partial charge in [-0.15, -0.1) is 0 Å². The summed E-state index contributed by atoms with van der Waals surface area (Å²) >= 11 is 0. The number of amides is 1. The molecule has 7 nitrogen and oxygen atoms in total. The number of aromatic amines is 1. The molecule has 5 rings (SSSR count). The zero-order valence-electron chi connectivity index (χ0n) is 17.2. The van der Waals surface area contributed by atoms with E-state index in [2.05, 4.69) is 31.7 Å². The van der Waals surface area contributed by atoms with Crippen LogP contribution in [-0.2, 0) is 11.2 Å². The number of rotatable bonds is 7. The highest BCUT2D eigenvalue weighted by Gasteiger charge is 2.23. The summed E-state index contributed by atoms with van der Waals surface area (Å²) < 4.78 is 5.94. The average Bonchev–Trinajstić information content (AvgIpc) is 3.46. The number of aromatic nitrogens is 3. The smallest absolute Gasteiger partial charge is 0.230 e. The van der Waals surface area contributed by atoms with Crippen LogP contribution in [0.4, 0.5) is 11.6 Å². The summed E-state index contributed by atoms with van der Waals surface area (Å²) in [5.74, 6) is 1.64. The van der Waals surface area contributed by atoms with Crippen LogP contribution in [0.2, 0.25) is 0 Å². The summed E-state index contributed by atoms with van der Waals surface area (Å²) in [4.78, 5) is 24.1. The highest BCUT2D eigenvalue weighted by atomic mass is 16.5. The maximum absolute atomic E-state index is 12.1. The van der Waals surface area contributed by atoms with Crippen LogP contribution in [0.25, 0.3) is 10.9 Å². The fourth-order valence-electron chi connectivity index (χ4n) is 3.48. The molecule has 0 aliphatic heterocycles. The molecule has 4 aromatic rings. The molecule has 31 heavy (non-hydrogen) atoms. The van der Waals surface area contributed by atoms with Crippen LogP contribution in [0.5, 0.6) is 11.6 Å².